The van der Waals surface area contributed by atoms with E-state index in [1.54, 1.807) is 36.4 Å². The molecule has 2 rings (SSSR count). The van der Waals surface area contributed by atoms with Crippen molar-refractivity contribution in [3.63, 3.8) is 0 Å². The molecule has 2 aromatic carbocycles. The summed E-state index contributed by atoms with van der Waals surface area (Å²) in [6, 6.07) is 10.2. The lowest BCUT2D eigenvalue weighted by Crippen LogP contribution is -2.09. The Kier molecular flexibility index (Phi) is 8.27. The summed E-state index contributed by atoms with van der Waals surface area (Å²) >= 11 is 12.7. The van der Waals surface area contributed by atoms with Crippen LogP contribution in [0.2, 0.25) is 5.02 Å². The molecule has 0 heterocycles. The minimum atomic E-state index is -0.446. The van der Waals surface area contributed by atoms with Crippen LogP contribution in [0.25, 0.3) is 0 Å². The SMILES string of the molecule is CCCCCCOc1ccc(C(=O)Oc2ccc(Cl)cc2Br)cc1Br. The Balaban J connectivity index is 1.97. The van der Waals surface area contributed by atoms with Crippen LogP contribution in [0, 0.1) is 0 Å². The minimum Gasteiger partial charge on any atom is -0.492 e. The summed E-state index contributed by atoms with van der Waals surface area (Å²) in [5.41, 5.74) is 0.437. The standard InChI is InChI=1S/C19H19Br2ClO3/c1-2-3-4-5-10-24-17-8-6-13(11-15(17)20)19(23)25-18-9-7-14(22)12-16(18)21/h6-9,11-12H,2-5,10H2,1H3. The monoisotopic (exact) mass is 488 g/mol. The van der Waals surface area contributed by atoms with Gasteiger partial charge < -0.3 is 9.47 Å². The van der Waals surface area contributed by atoms with E-state index < -0.39 is 5.97 Å². The molecule has 0 fully saturated rings. The molecule has 0 aliphatic rings. The number of ether oxygens (including phenoxy) is 2. The van der Waals surface area contributed by atoms with Crippen molar-refractivity contribution < 1.29 is 14.3 Å². The molecule has 0 aromatic heterocycles. The van der Waals surface area contributed by atoms with Crippen molar-refractivity contribution in [3.05, 3.63) is 55.9 Å². The highest BCUT2D eigenvalue weighted by Gasteiger charge is 2.13. The van der Waals surface area contributed by atoms with E-state index in [0.29, 0.717) is 27.4 Å². The third-order valence-corrected chi connectivity index (χ3v) is 4.99. The van der Waals surface area contributed by atoms with Gasteiger partial charge in [-0.3, -0.25) is 0 Å². The fraction of sp³-hybridized carbons (Fsp3) is 0.316. The molecule has 0 atom stereocenters. The zero-order valence-electron chi connectivity index (χ0n) is 13.9. The van der Waals surface area contributed by atoms with Crippen molar-refractivity contribution in [2.24, 2.45) is 0 Å². The maximum absolute atomic E-state index is 12.3. The van der Waals surface area contributed by atoms with Gasteiger partial charge in [-0.2, -0.15) is 0 Å². The van der Waals surface area contributed by atoms with Gasteiger partial charge in [-0.05, 0) is 74.7 Å². The van der Waals surface area contributed by atoms with E-state index in [1.165, 1.54) is 12.8 Å². The highest BCUT2D eigenvalue weighted by atomic mass is 79.9. The number of benzene rings is 2. The molecule has 0 amide bonds. The molecule has 0 N–H and O–H groups in total. The molecule has 25 heavy (non-hydrogen) atoms. The Hall–Kier alpha value is -1.04. The normalized spacial score (nSPS) is 10.6. The summed E-state index contributed by atoms with van der Waals surface area (Å²) in [6.07, 6.45) is 4.60. The van der Waals surface area contributed by atoms with Gasteiger partial charge in [-0.15, -0.1) is 0 Å². The maximum Gasteiger partial charge on any atom is 0.343 e. The Morgan fingerprint density at radius 2 is 1.72 bits per heavy atom. The van der Waals surface area contributed by atoms with Gasteiger partial charge in [0.05, 0.1) is 21.1 Å². The van der Waals surface area contributed by atoms with Gasteiger partial charge in [-0.1, -0.05) is 37.8 Å². The number of halogens is 3. The molecule has 0 saturated carbocycles. The van der Waals surface area contributed by atoms with Gasteiger partial charge in [0.15, 0.2) is 0 Å². The van der Waals surface area contributed by atoms with Crippen LogP contribution in [0.15, 0.2) is 45.3 Å². The third-order valence-electron chi connectivity index (χ3n) is 3.52. The Bertz CT molecular complexity index is 735. The van der Waals surface area contributed by atoms with Gasteiger partial charge in [0, 0.05) is 5.02 Å². The molecule has 0 spiro atoms. The zero-order chi connectivity index (χ0) is 18.2. The summed E-state index contributed by atoms with van der Waals surface area (Å²) < 4.78 is 12.5. The number of carbonyl (C=O) groups excluding carboxylic acids is 1. The predicted octanol–water partition coefficient (Wildman–Crippen LogP) is 7.04. The molecule has 0 radical (unpaired) electrons. The minimum absolute atomic E-state index is 0.418. The predicted molar refractivity (Wildman–Crippen MR) is 108 cm³/mol. The highest BCUT2D eigenvalue weighted by Crippen LogP contribution is 2.30. The van der Waals surface area contributed by atoms with Crippen LogP contribution < -0.4 is 9.47 Å². The molecule has 3 nitrogen and oxygen atoms in total. The average molecular weight is 491 g/mol. The first-order valence-corrected chi connectivity index (χ1v) is 10.1. The summed E-state index contributed by atoms with van der Waals surface area (Å²) in [6.45, 7) is 2.85. The maximum atomic E-state index is 12.3. The fourth-order valence-corrected chi connectivity index (χ4v) is 3.43. The molecular formula is C19H19Br2ClO3. The lowest BCUT2D eigenvalue weighted by atomic mass is 10.2. The van der Waals surface area contributed by atoms with E-state index >= 15 is 0 Å². The quantitative estimate of drug-likeness (QED) is 0.226. The van der Waals surface area contributed by atoms with Gasteiger partial charge in [0.25, 0.3) is 0 Å². The highest BCUT2D eigenvalue weighted by molar-refractivity contribution is 9.10. The van der Waals surface area contributed by atoms with Crippen molar-refractivity contribution in [1.29, 1.82) is 0 Å². The smallest absolute Gasteiger partial charge is 0.343 e. The Labute approximate surface area is 169 Å². The number of carbonyl (C=O) groups is 1. The second-order valence-corrected chi connectivity index (χ2v) is 7.66. The van der Waals surface area contributed by atoms with Crippen LogP contribution in [-0.4, -0.2) is 12.6 Å². The van der Waals surface area contributed by atoms with E-state index in [9.17, 15) is 4.79 Å². The van der Waals surface area contributed by atoms with E-state index in [-0.39, 0.29) is 0 Å². The number of rotatable bonds is 8. The van der Waals surface area contributed by atoms with Crippen molar-refractivity contribution >= 4 is 49.4 Å². The van der Waals surface area contributed by atoms with Gasteiger partial charge in [-0.25, -0.2) is 4.79 Å². The topological polar surface area (TPSA) is 35.5 Å². The van der Waals surface area contributed by atoms with Crippen molar-refractivity contribution in [2.45, 2.75) is 32.6 Å². The van der Waals surface area contributed by atoms with Crippen LogP contribution in [-0.2, 0) is 0 Å². The summed E-state index contributed by atoms with van der Waals surface area (Å²) in [5, 5.41) is 0.565. The molecule has 134 valence electrons. The fourth-order valence-electron chi connectivity index (χ4n) is 2.17. The number of esters is 1. The van der Waals surface area contributed by atoms with Crippen molar-refractivity contribution in [2.75, 3.05) is 6.61 Å². The van der Waals surface area contributed by atoms with Crippen molar-refractivity contribution in [3.8, 4) is 11.5 Å². The van der Waals surface area contributed by atoms with E-state index in [1.807, 2.05) is 0 Å². The average Bonchev–Trinajstić information content (AvgIpc) is 2.58. The molecule has 0 aliphatic carbocycles. The molecule has 6 heteroatoms. The largest absolute Gasteiger partial charge is 0.492 e. The molecule has 0 aliphatic heterocycles. The zero-order valence-corrected chi connectivity index (χ0v) is 17.8. The first kappa shape index (κ1) is 20.3. The van der Waals surface area contributed by atoms with Crippen LogP contribution in [0.1, 0.15) is 43.0 Å². The molecule has 0 bridgehead atoms. The molecule has 0 saturated heterocycles. The number of hydrogen-bond donors (Lipinski definition) is 0. The van der Waals surface area contributed by atoms with Crippen LogP contribution in [0.4, 0.5) is 0 Å². The van der Waals surface area contributed by atoms with Gasteiger partial charge in [0.2, 0.25) is 0 Å². The summed E-state index contributed by atoms with van der Waals surface area (Å²) in [4.78, 5) is 12.3. The molecule has 0 unspecified atom stereocenters. The van der Waals surface area contributed by atoms with Gasteiger partial charge in [0.1, 0.15) is 11.5 Å². The molecule has 2 aromatic rings. The van der Waals surface area contributed by atoms with E-state index in [4.69, 9.17) is 21.1 Å². The Morgan fingerprint density at radius 3 is 2.40 bits per heavy atom. The summed E-state index contributed by atoms with van der Waals surface area (Å²) in [5.74, 6) is 0.695. The lowest BCUT2D eigenvalue weighted by molar-refractivity contribution is 0.0733. The third kappa shape index (κ3) is 6.32. The summed E-state index contributed by atoms with van der Waals surface area (Å²) in [7, 11) is 0. The second-order valence-electron chi connectivity index (χ2n) is 5.52. The number of hydrogen-bond acceptors (Lipinski definition) is 3. The van der Waals surface area contributed by atoms with E-state index in [2.05, 4.69) is 38.8 Å². The van der Waals surface area contributed by atoms with Crippen LogP contribution >= 0.6 is 43.5 Å². The first-order valence-electron chi connectivity index (χ1n) is 8.11. The Morgan fingerprint density at radius 1 is 1.00 bits per heavy atom. The number of unbranched alkanes of at least 4 members (excludes halogenated alkanes) is 3. The molecular weight excluding hydrogens is 471 g/mol. The van der Waals surface area contributed by atoms with Gasteiger partial charge >= 0.3 is 5.97 Å². The van der Waals surface area contributed by atoms with Crippen LogP contribution in [0.3, 0.4) is 0 Å². The van der Waals surface area contributed by atoms with Crippen molar-refractivity contribution in [1.82, 2.24) is 0 Å². The van der Waals surface area contributed by atoms with Crippen LogP contribution in [0.5, 0.6) is 11.5 Å². The second kappa shape index (κ2) is 10.2. The van der Waals surface area contributed by atoms with E-state index in [0.717, 1.165) is 23.1 Å². The first-order chi connectivity index (χ1) is 12.0. The lowest BCUT2D eigenvalue weighted by Gasteiger charge is -2.10.